The summed E-state index contributed by atoms with van der Waals surface area (Å²) in [5.74, 6) is 4.49. The van der Waals surface area contributed by atoms with Gasteiger partial charge in [0.1, 0.15) is 5.82 Å². The van der Waals surface area contributed by atoms with Gasteiger partial charge < -0.3 is 0 Å². The average Bonchev–Trinajstić information content (AvgIpc) is 2.68. The molecule has 0 heterocycles. The van der Waals surface area contributed by atoms with Crippen LogP contribution in [0.3, 0.4) is 0 Å². The van der Waals surface area contributed by atoms with E-state index in [9.17, 15) is 4.39 Å². The number of halogens is 2. The van der Waals surface area contributed by atoms with Crippen LogP contribution >= 0.6 is 11.6 Å². The van der Waals surface area contributed by atoms with Crippen molar-refractivity contribution in [3.63, 3.8) is 0 Å². The maximum atomic E-state index is 14.3. The Morgan fingerprint density at radius 3 is 2.50 bits per heavy atom. The summed E-state index contributed by atoms with van der Waals surface area (Å²) in [5, 5.41) is 0.294. The monoisotopic (exact) mass is 376 g/mol. The largest absolute Gasteiger partial charge is 0.205 e. The summed E-state index contributed by atoms with van der Waals surface area (Å²) in [7, 11) is 0. The van der Waals surface area contributed by atoms with Gasteiger partial charge in [-0.1, -0.05) is 50.3 Å². The molecule has 2 fully saturated rings. The topological polar surface area (TPSA) is 0 Å². The van der Waals surface area contributed by atoms with Gasteiger partial charge in [-0.2, -0.15) is 0 Å². The second kappa shape index (κ2) is 8.21. The van der Waals surface area contributed by atoms with Gasteiger partial charge in [0.15, 0.2) is 0 Å². The summed E-state index contributed by atoms with van der Waals surface area (Å²) in [6.07, 6.45) is 16.1. The van der Waals surface area contributed by atoms with Gasteiger partial charge in [0.2, 0.25) is 0 Å². The van der Waals surface area contributed by atoms with Crippen molar-refractivity contribution in [2.24, 2.45) is 29.6 Å². The van der Waals surface area contributed by atoms with Crippen molar-refractivity contribution in [2.75, 3.05) is 0 Å². The zero-order chi connectivity index (χ0) is 18.1. The SMILES string of the molecule is CCCCC1CCC2CC(C3CCc4c(ccc(Cl)c4F)C3)CCC2C1. The number of hydrogen-bond acceptors (Lipinski definition) is 0. The molecular formula is C24H34ClF. The molecule has 0 spiro atoms. The molecule has 0 aliphatic heterocycles. The minimum atomic E-state index is -0.156. The summed E-state index contributed by atoms with van der Waals surface area (Å²) >= 11 is 5.98. The number of benzene rings is 1. The van der Waals surface area contributed by atoms with Crippen molar-refractivity contribution in [2.45, 2.75) is 84.0 Å². The Morgan fingerprint density at radius 1 is 0.962 bits per heavy atom. The third kappa shape index (κ3) is 3.84. The molecule has 0 amide bonds. The number of hydrogen-bond donors (Lipinski definition) is 0. The Kier molecular flexibility index (Phi) is 5.93. The second-order valence-electron chi connectivity index (χ2n) is 9.42. The van der Waals surface area contributed by atoms with Gasteiger partial charge in [-0.05, 0) is 98.1 Å². The van der Waals surface area contributed by atoms with E-state index in [1.807, 2.05) is 0 Å². The highest BCUT2D eigenvalue weighted by atomic mass is 35.5. The predicted molar refractivity (Wildman–Crippen MR) is 108 cm³/mol. The number of unbranched alkanes of at least 4 members (excludes halogenated alkanes) is 1. The lowest BCUT2D eigenvalue weighted by molar-refractivity contribution is 0.0690. The van der Waals surface area contributed by atoms with Crippen molar-refractivity contribution in [1.82, 2.24) is 0 Å². The molecule has 5 atom stereocenters. The minimum absolute atomic E-state index is 0.156. The van der Waals surface area contributed by atoms with Crippen LogP contribution in [-0.4, -0.2) is 0 Å². The number of rotatable bonds is 4. The van der Waals surface area contributed by atoms with Gasteiger partial charge in [-0.25, -0.2) is 4.39 Å². The van der Waals surface area contributed by atoms with Crippen molar-refractivity contribution in [3.8, 4) is 0 Å². The van der Waals surface area contributed by atoms with Gasteiger partial charge >= 0.3 is 0 Å². The minimum Gasteiger partial charge on any atom is -0.205 e. The highest BCUT2D eigenvalue weighted by Gasteiger charge is 2.38. The van der Waals surface area contributed by atoms with E-state index in [0.29, 0.717) is 5.02 Å². The molecule has 144 valence electrons. The Balaban J connectivity index is 1.36. The molecule has 0 radical (unpaired) electrons. The van der Waals surface area contributed by atoms with Crippen molar-refractivity contribution in [3.05, 3.63) is 34.1 Å². The van der Waals surface area contributed by atoms with E-state index < -0.39 is 0 Å². The molecule has 0 bridgehead atoms. The Bertz CT molecular complexity index is 625. The fourth-order valence-corrected chi connectivity index (χ4v) is 6.59. The molecular weight excluding hydrogens is 343 g/mol. The smallest absolute Gasteiger partial charge is 0.145 e. The zero-order valence-corrected chi connectivity index (χ0v) is 17.0. The molecule has 2 saturated carbocycles. The summed E-state index contributed by atoms with van der Waals surface area (Å²) in [6.45, 7) is 2.32. The molecule has 1 aromatic carbocycles. The Hall–Kier alpha value is -0.560. The molecule has 5 unspecified atom stereocenters. The van der Waals surface area contributed by atoms with Crippen LogP contribution in [-0.2, 0) is 12.8 Å². The first-order valence-electron chi connectivity index (χ1n) is 11.1. The lowest BCUT2D eigenvalue weighted by Gasteiger charge is -2.45. The highest BCUT2D eigenvalue weighted by Crippen LogP contribution is 2.49. The maximum Gasteiger partial charge on any atom is 0.145 e. The van der Waals surface area contributed by atoms with E-state index in [2.05, 4.69) is 13.0 Å². The first kappa shape index (κ1) is 18.8. The van der Waals surface area contributed by atoms with E-state index in [0.717, 1.165) is 54.4 Å². The highest BCUT2D eigenvalue weighted by molar-refractivity contribution is 6.30. The quantitative estimate of drug-likeness (QED) is 0.507. The third-order valence-corrected chi connectivity index (χ3v) is 8.23. The van der Waals surface area contributed by atoms with Crippen LogP contribution in [0, 0.1) is 35.4 Å². The molecule has 3 aliphatic rings. The first-order chi connectivity index (χ1) is 12.7. The molecule has 2 heteroatoms. The lowest BCUT2D eigenvalue weighted by Crippen LogP contribution is -2.35. The molecule has 0 aromatic heterocycles. The standard InChI is InChI=1S/C24H34ClF/c1-2-3-4-16-5-6-18-14-19(8-7-17(18)13-16)20-9-11-22-21(15-20)10-12-23(25)24(22)26/h10,12,16-20H,2-9,11,13-15H2,1H3. The van der Waals surface area contributed by atoms with Gasteiger partial charge in [-0.15, -0.1) is 0 Å². The van der Waals surface area contributed by atoms with Crippen molar-refractivity contribution in [1.29, 1.82) is 0 Å². The number of fused-ring (bicyclic) bond motifs is 2. The predicted octanol–water partition coefficient (Wildman–Crippen LogP) is 7.61. The van der Waals surface area contributed by atoms with Crippen LogP contribution in [0.25, 0.3) is 0 Å². The van der Waals surface area contributed by atoms with E-state index in [4.69, 9.17) is 11.6 Å². The molecule has 1 aromatic rings. The third-order valence-electron chi connectivity index (χ3n) is 7.94. The Labute approximate surface area is 163 Å². The van der Waals surface area contributed by atoms with Gasteiger partial charge in [0.05, 0.1) is 5.02 Å². The summed E-state index contributed by atoms with van der Waals surface area (Å²) < 4.78 is 14.3. The zero-order valence-electron chi connectivity index (χ0n) is 16.3. The molecule has 0 saturated heterocycles. The maximum absolute atomic E-state index is 14.3. The average molecular weight is 377 g/mol. The van der Waals surface area contributed by atoms with Crippen molar-refractivity contribution < 1.29 is 4.39 Å². The summed E-state index contributed by atoms with van der Waals surface area (Å²) in [5.41, 5.74) is 2.13. The van der Waals surface area contributed by atoms with Crippen LogP contribution in [0.2, 0.25) is 5.02 Å². The molecule has 3 aliphatic carbocycles. The molecule has 26 heavy (non-hydrogen) atoms. The van der Waals surface area contributed by atoms with E-state index in [1.165, 1.54) is 63.4 Å². The van der Waals surface area contributed by atoms with Crippen LogP contribution in [0.15, 0.2) is 12.1 Å². The summed E-state index contributed by atoms with van der Waals surface area (Å²) in [4.78, 5) is 0. The summed E-state index contributed by atoms with van der Waals surface area (Å²) in [6, 6.07) is 3.84. The molecule has 4 rings (SSSR count). The fourth-order valence-electron chi connectivity index (χ4n) is 6.42. The second-order valence-corrected chi connectivity index (χ2v) is 9.82. The van der Waals surface area contributed by atoms with Crippen LogP contribution in [0.4, 0.5) is 4.39 Å². The normalized spacial score (nSPS) is 34.2. The van der Waals surface area contributed by atoms with Gasteiger partial charge in [0, 0.05) is 0 Å². The first-order valence-corrected chi connectivity index (χ1v) is 11.5. The van der Waals surface area contributed by atoms with Crippen molar-refractivity contribution >= 4 is 11.6 Å². The fraction of sp³-hybridized carbons (Fsp3) is 0.750. The Morgan fingerprint density at radius 2 is 1.69 bits per heavy atom. The van der Waals surface area contributed by atoms with Crippen LogP contribution in [0.1, 0.15) is 82.3 Å². The van der Waals surface area contributed by atoms with Crippen LogP contribution < -0.4 is 0 Å². The van der Waals surface area contributed by atoms with Gasteiger partial charge in [-0.3, -0.25) is 0 Å². The van der Waals surface area contributed by atoms with Gasteiger partial charge in [0.25, 0.3) is 0 Å². The molecule has 0 nitrogen and oxygen atoms in total. The van der Waals surface area contributed by atoms with E-state index in [-0.39, 0.29) is 5.82 Å². The van der Waals surface area contributed by atoms with E-state index in [1.54, 1.807) is 6.07 Å². The lowest BCUT2D eigenvalue weighted by atomic mass is 9.61. The van der Waals surface area contributed by atoms with Crippen LogP contribution in [0.5, 0.6) is 0 Å². The molecule has 0 N–H and O–H groups in total. The van der Waals surface area contributed by atoms with E-state index >= 15 is 0 Å².